The molecule has 0 aromatic carbocycles. The molecule has 3 N–H and O–H groups in total. The Hall–Kier alpha value is -0.510. The third-order valence-corrected chi connectivity index (χ3v) is 1.65. The topological polar surface area (TPSA) is 59.4 Å². The lowest BCUT2D eigenvalue weighted by molar-refractivity contribution is 0.153. The second kappa shape index (κ2) is 3.26. The summed E-state index contributed by atoms with van der Waals surface area (Å²) in [7, 11) is 0. The molecule has 0 aliphatic rings. The Morgan fingerprint density at radius 2 is 2.27 bits per heavy atom. The second-order valence-electron chi connectivity index (χ2n) is 2.41. The molecule has 62 valence electrons. The van der Waals surface area contributed by atoms with Crippen LogP contribution in [0.4, 0.5) is 0 Å². The molecule has 11 heavy (non-hydrogen) atoms. The molecule has 1 rings (SSSR count). The Morgan fingerprint density at radius 3 is 2.64 bits per heavy atom. The van der Waals surface area contributed by atoms with Crippen molar-refractivity contribution in [3.63, 3.8) is 0 Å². The average molecular weight is 176 g/mol. The van der Waals surface area contributed by atoms with Gasteiger partial charge in [0, 0.05) is 0 Å². The van der Waals surface area contributed by atoms with Crippen molar-refractivity contribution in [2.75, 3.05) is 0 Å². The predicted octanol–water partition coefficient (Wildman–Crippen LogP) is 1.31. The van der Waals surface area contributed by atoms with Crippen molar-refractivity contribution >= 4 is 11.6 Å². The van der Waals surface area contributed by atoms with Crippen LogP contribution in [0.3, 0.4) is 0 Å². The van der Waals surface area contributed by atoms with Crippen molar-refractivity contribution in [3.8, 4) is 0 Å². The Bertz CT molecular complexity index is 234. The zero-order chi connectivity index (χ0) is 8.43. The van der Waals surface area contributed by atoms with E-state index in [2.05, 4.69) is 0 Å². The minimum Gasteiger partial charge on any atom is -0.448 e. The van der Waals surface area contributed by atoms with Crippen LogP contribution in [0.15, 0.2) is 16.5 Å². The van der Waals surface area contributed by atoms with Gasteiger partial charge in [-0.25, -0.2) is 0 Å². The fourth-order valence-electron chi connectivity index (χ4n) is 0.745. The maximum Gasteiger partial charge on any atom is 0.193 e. The lowest BCUT2D eigenvalue weighted by Crippen LogP contribution is -2.22. The third kappa shape index (κ3) is 1.96. The van der Waals surface area contributed by atoms with E-state index in [0.717, 1.165) is 0 Å². The quantitative estimate of drug-likeness (QED) is 0.713. The molecule has 0 bridgehead atoms. The van der Waals surface area contributed by atoms with Crippen LogP contribution in [0, 0.1) is 0 Å². The Morgan fingerprint density at radius 1 is 1.64 bits per heavy atom. The zero-order valence-corrected chi connectivity index (χ0v) is 6.88. The first kappa shape index (κ1) is 8.59. The maximum absolute atomic E-state index is 9.06. The third-order valence-electron chi connectivity index (χ3n) is 1.44. The first-order chi connectivity index (χ1) is 5.11. The molecule has 0 saturated carbocycles. The monoisotopic (exact) mass is 175 g/mol. The predicted molar refractivity (Wildman–Crippen MR) is 42.3 cm³/mol. The van der Waals surface area contributed by atoms with E-state index in [1.165, 1.54) is 0 Å². The highest BCUT2D eigenvalue weighted by atomic mass is 35.5. The zero-order valence-electron chi connectivity index (χ0n) is 6.12. The standard InChI is InChI=1S/C7H10ClNO2/c1-4(10)7(9)5-2-3-6(8)11-5/h2-4,7,10H,9H2,1H3/t4-,7+/m0/s1. The van der Waals surface area contributed by atoms with Crippen LogP contribution in [0.25, 0.3) is 0 Å². The van der Waals surface area contributed by atoms with Crippen molar-refractivity contribution in [1.29, 1.82) is 0 Å². The van der Waals surface area contributed by atoms with Crippen LogP contribution in [0.2, 0.25) is 5.22 Å². The number of halogens is 1. The van der Waals surface area contributed by atoms with E-state index in [9.17, 15) is 0 Å². The van der Waals surface area contributed by atoms with Gasteiger partial charge in [0.05, 0.1) is 12.1 Å². The molecule has 1 heterocycles. The van der Waals surface area contributed by atoms with Crippen LogP contribution in [0.5, 0.6) is 0 Å². The fourth-order valence-corrected chi connectivity index (χ4v) is 0.897. The van der Waals surface area contributed by atoms with Gasteiger partial charge in [0.2, 0.25) is 0 Å². The normalized spacial score (nSPS) is 16.4. The van der Waals surface area contributed by atoms with Crippen molar-refractivity contribution in [2.45, 2.75) is 19.1 Å². The summed E-state index contributed by atoms with van der Waals surface area (Å²) in [5, 5.41) is 9.34. The molecular formula is C7H10ClNO2. The smallest absolute Gasteiger partial charge is 0.193 e. The number of hydrogen-bond donors (Lipinski definition) is 2. The van der Waals surface area contributed by atoms with E-state index in [0.29, 0.717) is 5.76 Å². The molecule has 0 spiro atoms. The van der Waals surface area contributed by atoms with Crippen molar-refractivity contribution in [3.05, 3.63) is 23.1 Å². The van der Waals surface area contributed by atoms with Crippen LogP contribution in [-0.2, 0) is 0 Å². The van der Waals surface area contributed by atoms with E-state index in [1.54, 1.807) is 19.1 Å². The molecule has 0 radical (unpaired) electrons. The maximum atomic E-state index is 9.06. The molecule has 1 aromatic rings. The van der Waals surface area contributed by atoms with Gasteiger partial charge in [0.1, 0.15) is 5.76 Å². The van der Waals surface area contributed by atoms with Gasteiger partial charge in [0.25, 0.3) is 0 Å². The number of aliphatic hydroxyl groups is 1. The average Bonchev–Trinajstić information content (AvgIpc) is 2.34. The highest BCUT2D eigenvalue weighted by Crippen LogP contribution is 2.20. The Balaban J connectivity index is 2.76. The van der Waals surface area contributed by atoms with E-state index in [4.69, 9.17) is 26.9 Å². The summed E-state index contributed by atoms with van der Waals surface area (Å²) in [4.78, 5) is 0. The molecule has 0 amide bonds. The first-order valence-electron chi connectivity index (χ1n) is 3.30. The summed E-state index contributed by atoms with van der Waals surface area (Å²) in [6.45, 7) is 1.60. The Labute approximate surface area is 69.8 Å². The lowest BCUT2D eigenvalue weighted by atomic mass is 10.1. The van der Waals surface area contributed by atoms with Crippen LogP contribution in [-0.4, -0.2) is 11.2 Å². The molecular weight excluding hydrogens is 166 g/mol. The SMILES string of the molecule is C[C@H](O)[C@@H](N)c1ccc(Cl)o1. The molecule has 4 heteroatoms. The summed E-state index contributed by atoms with van der Waals surface area (Å²) < 4.78 is 4.99. The first-order valence-corrected chi connectivity index (χ1v) is 3.68. The molecule has 3 nitrogen and oxygen atoms in total. The van der Waals surface area contributed by atoms with E-state index in [1.807, 2.05) is 0 Å². The van der Waals surface area contributed by atoms with Gasteiger partial charge in [-0.05, 0) is 30.7 Å². The van der Waals surface area contributed by atoms with Gasteiger partial charge in [-0.3, -0.25) is 0 Å². The summed E-state index contributed by atoms with van der Waals surface area (Å²) in [6, 6.07) is 2.75. The summed E-state index contributed by atoms with van der Waals surface area (Å²) >= 11 is 5.51. The number of hydrogen-bond acceptors (Lipinski definition) is 3. The Kier molecular flexibility index (Phi) is 2.54. The van der Waals surface area contributed by atoms with Gasteiger partial charge in [-0.1, -0.05) is 0 Å². The van der Waals surface area contributed by atoms with Gasteiger partial charge in [-0.15, -0.1) is 0 Å². The largest absolute Gasteiger partial charge is 0.448 e. The van der Waals surface area contributed by atoms with Crippen LogP contribution in [0.1, 0.15) is 18.7 Å². The number of rotatable bonds is 2. The number of aliphatic hydroxyl groups excluding tert-OH is 1. The van der Waals surface area contributed by atoms with Crippen LogP contribution < -0.4 is 5.73 Å². The fraction of sp³-hybridized carbons (Fsp3) is 0.429. The second-order valence-corrected chi connectivity index (χ2v) is 2.78. The van der Waals surface area contributed by atoms with Gasteiger partial charge >= 0.3 is 0 Å². The molecule has 0 fully saturated rings. The van der Waals surface area contributed by atoms with Gasteiger partial charge < -0.3 is 15.3 Å². The summed E-state index contributed by atoms with van der Waals surface area (Å²) in [5.74, 6) is 0.505. The number of furan rings is 1. The van der Waals surface area contributed by atoms with Gasteiger partial charge in [0.15, 0.2) is 5.22 Å². The minimum atomic E-state index is -0.628. The summed E-state index contributed by atoms with van der Waals surface area (Å²) in [6.07, 6.45) is -0.628. The molecule has 2 atom stereocenters. The van der Waals surface area contributed by atoms with Gasteiger partial charge in [-0.2, -0.15) is 0 Å². The van der Waals surface area contributed by atoms with Crippen LogP contribution >= 0.6 is 11.6 Å². The molecule has 1 aromatic heterocycles. The van der Waals surface area contributed by atoms with E-state index >= 15 is 0 Å². The molecule has 0 saturated heterocycles. The van der Waals surface area contributed by atoms with E-state index in [-0.39, 0.29) is 5.22 Å². The molecule has 0 unspecified atom stereocenters. The van der Waals surface area contributed by atoms with Crippen molar-refractivity contribution < 1.29 is 9.52 Å². The summed E-state index contributed by atoms with van der Waals surface area (Å²) in [5.41, 5.74) is 5.55. The molecule has 0 aliphatic carbocycles. The highest BCUT2D eigenvalue weighted by Gasteiger charge is 2.15. The van der Waals surface area contributed by atoms with Crippen molar-refractivity contribution in [1.82, 2.24) is 0 Å². The van der Waals surface area contributed by atoms with Crippen molar-refractivity contribution in [2.24, 2.45) is 5.73 Å². The minimum absolute atomic E-state index is 0.288. The molecule has 0 aliphatic heterocycles. The van der Waals surface area contributed by atoms with E-state index < -0.39 is 12.1 Å². The lowest BCUT2D eigenvalue weighted by Gasteiger charge is -2.10. The number of nitrogens with two attached hydrogens (primary N) is 1. The highest BCUT2D eigenvalue weighted by molar-refractivity contribution is 6.28.